The van der Waals surface area contributed by atoms with Gasteiger partial charge < -0.3 is 9.47 Å². The number of hydrogen-bond donors (Lipinski definition) is 0. The van der Waals surface area contributed by atoms with E-state index in [0.29, 0.717) is 33.4 Å². The van der Waals surface area contributed by atoms with E-state index in [1.165, 1.54) is 25.5 Å². The van der Waals surface area contributed by atoms with Crippen molar-refractivity contribution in [2.45, 2.75) is 13.5 Å². The predicted molar refractivity (Wildman–Crippen MR) is 137 cm³/mol. The standard InChI is InChI=1S/C25H18BrN5O5/c1-15-29-21-8-7-19(26)11-20(21)25(32)30(15)28-13-16-9-22(31(33)34)24(23(10-16)35-2)36-14-18-6-4-3-5-17(18)12-27/h3-11,13H,14H2,1-2H3. The largest absolute Gasteiger partial charge is 0.493 e. The molecule has 0 aliphatic heterocycles. The molecular formula is C25H18BrN5O5. The van der Waals surface area contributed by atoms with Crippen LogP contribution in [0.15, 0.2) is 69.0 Å². The average molecular weight is 548 g/mol. The lowest BCUT2D eigenvalue weighted by atomic mass is 10.1. The van der Waals surface area contributed by atoms with E-state index in [4.69, 9.17) is 9.47 Å². The summed E-state index contributed by atoms with van der Waals surface area (Å²) in [4.78, 5) is 28.6. The van der Waals surface area contributed by atoms with Gasteiger partial charge in [0.05, 0.1) is 40.8 Å². The van der Waals surface area contributed by atoms with Crippen LogP contribution in [0.25, 0.3) is 10.9 Å². The van der Waals surface area contributed by atoms with Crippen LogP contribution in [0.3, 0.4) is 0 Å². The number of rotatable bonds is 7. The maximum Gasteiger partial charge on any atom is 0.315 e. The van der Waals surface area contributed by atoms with Crippen LogP contribution in [-0.2, 0) is 6.61 Å². The fourth-order valence-electron chi connectivity index (χ4n) is 3.54. The molecule has 0 aliphatic rings. The van der Waals surface area contributed by atoms with E-state index in [9.17, 15) is 20.2 Å². The van der Waals surface area contributed by atoms with Gasteiger partial charge in [-0.1, -0.05) is 34.1 Å². The minimum absolute atomic E-state index is 0.0682. The van der Waals surface area contributed by atoms with E-state index < -0.39 is 4.92 Å². The molecule has 0 radical (unpaired) electrons. The lowest BCUT2D eigenvalue weighted by Crippen LogP contribution is -2.20. The Labute approximate surface area is 213 Å². The molecule has 0 saturated heterocycles. The number of halogens is 1. The number of aromatic nitrogens is 2. The highest BCUT2D eigenvalue weighted by Gasteiger charge is 2.23. The Morgan fingerprint density at radius 2 is 2.03 bits per heavy atom. The van der Waals surface area contributed by atoms with Crippen molar-refractivity contribution >= 4 is 38.7 Å². The van der Waals surface area contributed by atoms with Gasteiger partial charge in [-0.15, -0.1) is 0 Å². The number of aryl methyl sites for hydroxylation is 1. The third-order valence-corrected chi connectivity index (χ3v) is 5.77. The van der Waals surface area contributed by atoms with Gasteiger partial charge in [-0.25, -0.2) is 4.98 Å². The summed E-state index contributed by atoms with van der Waals surface area (Å²) in [6, 6.07) is 16.8. The summed E-state index contributed by atoms with van der Waals surface area (Å²) < 4.78 is 12.9. The molecule has 0 saturated carbocycles. The van der Waals surface area contributed by atoms with E-state index in [0.717, 1.165) is 9.15 Å². The Morgan fingerprint density at radius 3 is 2.75 bits per heavy atom. The second-order valence-electron chi connectivity index (χ2n) is 7.57. The first kappa shape index (κ1) is 24.6. The summed E-state index contributed by atoms with van der Waals surface area (Å²) in [6.45, 7) is 1.57. The van der Waals surface area contributed by atoms with Gasteiger partial charge in [-0.2, -0.15) is 15.0 Å². The van der Waals surface area contributed by atoms with E-state index >= 15 is 0 Å². The molecule has 4 aromatic rings. The zero-order chi connectivity index (χ0) is 25.8. The van der Waals surface area contributed by atoms with E-state index in [-0.39, 0.29) is 29.4 Å². The average Bonchev–Trinajstić information content (AvgIpc) is 2.87. The highest BCUT2D eigenvalue weighted by molar-refractivity contribution is 9.10. The number of methoxy groups -OCH3 is 1. The number of fused-ring (bicyclic) bond motifs is 1. The molecule has 0 atom stereocenters. The summed E-state index contributed by atoms with van der Waals surface area (Å²) in [5.74, 6) is 0.367. The topological polar surface area (TPSA) is 133 Å². The van der Waals surface area contributed by atoms with Crippen molar-refractivity contribution < 1.29 is 14.4 Å². The molecule has 0 unspecified atom stereocenters. The summed E-state index contributed by atoms with van der Waals surface area (Å²) in [6.07, 6.45) is 1.31. The monoisotopic (exact) mass is 547 g/mol. The number of nitro groups is 1. The molecule has 1 heterocycles. The Morgan fingerprint density at radius 1 is 1.25 bits per heavy atom. The van der Waals surface area contributed by atoms with Crippen molar-refractivity contribution in [3.05, 3.63) is 102 Å². The maximum absolute atomic E-state index is 13.0. The van der Waals surface area contributed by atoms with Crippen LogP contribution >= 0.6 is 15.9 Å². The quantitative estimate of drug-likeness (QED) is 0.185. The Kier molecular flexibility index (Phi) is 7.07. The Bertz CT molecular complexity index is 1620. The Balaban J connectivity index is 1.72. The van der Waals surface area contributed by atoms with Crippen molar-refractivity contribution in [2.24, 2.45) is 5.10 Å². The van der Waals surface area contributed by atoms with E-state index in [2.05, 4.69) is 32.1 Å². The molecule has 0 fully saturated rings. The van der Waals surface area contributed by atoms with Gasteiger partial charge in [0, 0.05) is 21.7 Å². The number of benzene rings is 3. The third-order valence-electron chi connectivity index (χ3n) is 5.28. The summed E-state index contributed by atoms with van der Waals surface area (Å²) in [5, 5.41) is 25.7. The zero-order valence-electron chi connectivity index (χ0n) is 19.1. The zero-order valence-corrected chi connectivity index (χ0v) is 20.7. The van der Waals surface area contributed by atoms with E-state index in [1.54, 1.807) is 49.4 Å². The van der Waals surface area contributed by atoms with Gasteiger partial charge in [-0.05, 0) is 37.3 Å². The second kappa shape index (κ2) is 10.4. The van der Waals surface area contributed by atoms with Crippen LogP contribution in [-0.4, -0.2) is 27.9 Å². The maximum atomic E-state index is 13.0. The normalized spacial score (nSPS) is 10.9. The number of nitrogens with zero attached hydrogens (tertiary/aromatic N) is 5. The molecule has 3 aromatic carbocycles. The molecule has 1 aromatic heterocycles. The van der Waals surface area contributed by atoms with E-state index in [1.807, 2.05) is 0 Å². The molecule has 36 heavy (non-hydrogen) atoms. The molecule has 180 valence electrons. The highest BCUT2D eigenvalue weighted by atomic mass is 79.9. The minimum atomic E-state index is -0.599. The predicted octanol–water partition coefficient (Wildman–Crippen LogP) is 4.72. The van der Waals surface area contributed by atoms with Crippen LogP contribution in [0.2, 0.25) is 0 Å². The molecular weight excluding hydrogens is 530 g/mol. The molecule has 0 bridgehead atoms. The number of ether oxygens (including phenoxy) is 2. The molecule has 11 heteroatoms. The SMILES string of the molecule is COc1cc(C=Nn2c(C)nc3ccc(Br)cc3c2=O)cc([N+](=O)[O-])c1OCc1ccccc1C#N. The number of nitriles is 1. The fourth-order valence-corrected chi connectivity index (χ4v) is 3.90. The van der Waals surface area contributed by atoms with Crippen molar-refractivity contribution in [1.29, 1.82) is 5.26 Å². The molecule has 0 spiro atoms. The molecule has 4 rings (SSSR count). The van der Waals surface area contributed by atoms with Gasteiger partial charge in [0.2, 0.25) is 5.75 Å². The van der Waals surface area contributed by atoms with Gasteiger partial charge >= 0.3 is 5.69 Å². The van der Waals surface area contributed by atoms with Crippen molar-refractivity contribution in [3.8, 4) is 17.6 Å². The summed E-state index contributed by atoms with van der Waals surface area (Å²) in [5.41, 5.74) is 1.09. The fraction of sp³-hybridized carbons (Fsp3) is 0.120. The van der Waals surface area contributed by atoms with Gasteiger partial charge in [0.25, 0.3) is 5.56 Å². The first-order chi connectivity index (χ1) is 17.3. The molecule has 0 N–H and O–H groups in total. The second-order valence-corrected chi connectivity index (χ2v) is 8.48. The third kappa shape index (κ3) is 4.94. The lowest BCUT2D eigenvalue weighted by molar-refractivity contribution is -0.386. The van der Waals surface area contributed by atoms with Gasteiger partial charge in [0.15, 0.2) is 5.75 Å². The number of nitro benzene ring substituents is 1. The van der Waals surface area contributed by atoms with Crippen LogP contribution in [0.1, 0.15) is 22.5 Å². The van der Waals surface area contributed by atoms with Crippen LogP contribution in [0, 0.1) is 28.4 Å². The van der Waals surface area contributed by atoms with Crippen LogP contribution < -0.4 is 15.0 Å². The summed E-state index contributed by atoms with van der Waals surface area (Å²) in [7, 11) is 1.36. The van der Waals surface area contributed by atoms with Gasteiger partial charge in [0.1, 0.15) is 12.4 Å². The smallest absolute Gasteiger partial charge is 0.315 e. The highest BCUT2D eigenvalue weighted by Crippen LogP contribution is 2.38. The molecule has 0 aliphatic carbocycles. The lowest BCUT2D eigenvalue weighted by Gasteiger charge is -2.12. The van der Waals surface area contributed by atoms with Crippen molar-refractivity contribution in [2.75, 3.05) is 7.11 Å². The van der Waals surface area contributed by atoms with Gasteiger partial charge in [-0.3, -0.25) is 14.9 Å². The van der Waals surface area contributed by atoms with Crippen molar-refractivity contribution in [3.63, 3.8) is 0 Å². The molecule has 0 amide bonds. The minimum Gasteiger partial charge on any atom is -0.493 e. The van der Waals surface area contributed by atoms with Crippen molar-refractivity contribution in [1.82, 2.24) is 9.66 Å². The molecule has 10 nitrogen and oxygen atoms in total. The first-order valence-electron chi connectivity index (χ1n) is 10.5. The Hall–Kier alpha value is -4.56. The van der Waals surface area contributed by atoms with Crippen LogP contribution in [0.4, 0.5) is 5.69 Å². The summed E-state index contributed by atoms with van der Waals surface area (Å²) >= 11 is 3.35. The van der Waals surface area contributed by atoms with Crippen LogP contribution in [0.5, 0.6) is 11.5 Å². The first-order valence-corrected chi connectivity index (χ1v) is 11.3. The number of hydrogen-bond acceptors (Lipinski definition) is 8.